The van der Waals surface area contributed by atoms with Crippen molar-refractivity contribution in [3.8, 4) is 0 Å². The first-order valence-electron chi connectivity index (χ1n) is 11.4. The van der Waals surface area contributed by atoms with Gasteiger partial charge >= 0.3 is 23.1 Å². The monoisotopic (exact) mass is 505 g/mol. The Kier molecular flexibility index (Phi) is 13.9. The van der Waals surface area contributed by atoms with Crippen LogP contribution < -0.4 is 5.32 Å². The third-order valence-corrected chi connectivity index (χ3v) is 19.5. The maximum atomic E-state index is 11.7. The first kappa shape index (κ1) is 30.7. The third kappa shape index (κ3) is 15.2. The van der Waals surface area contributed by atoms with Crippen molar-refractivity contribution in [1.29, 1.82) is 0 Å². The highest BCUT2D eigenvalue weighted by atomic mass is 28.5. The molecule has 0 rings (SSSR count). The summed E-state index contributed by atoms with van der Waals surface area (Å²) in [6.45, 7) is 26.9. The summed E-state index contributed by atoms with van der Waals surface area (Å²) in [5, 5.41) is 3.34. The lowest BCUT2D eigenvalue weighted by molar-refractivity contribution is -0.143. The molecule has 0 bridgehead atoms. The summed E-state index contributed by atoms with van der Waals surface area (Å²) < 4.78 is 25.0. The van der Waals surface area contributed by atoms with Gasteiger partial charge < -0.3 is 22.4 Å². The molecule has 0 aliphatic rings. The molecule has 1 N–H and O–H groups in total. The van der Waals surface area contributed by atoms with Gasteiger partial charge in [0.1, 0.15) is 0 Å². The van der Waals surface area contributed by atoms with E-state index in [1.165, 1.54) is 0 Å². The van der Waals surface area contributed by atoms with Gasteiger partial charge in [0.25, 0.3) is 0 Å². The van der Waals surface area contributed by atoms with Gasteiger partial charge in [0, 0.05) is 6.54 Å². The molecule has 0 aromatic heterocycles. The van der Waals surface area contributed by atoms with E-state index in [9.17, 15) is 4.79 Å². The van der Waals surface area contributed by atoms with Gasteiger partial charge in [0.2, 0.25) is 0 Å². The molecule has 182 valence electrons. The zero-order valence-electron chi connectivity index (χ0n) is 21.3. The summed E-state index contributed by atoms with van der Waals surface area (Å²) in [6.07, 6.45) is 3.27. The molecule has 0 saturated heterocycles. The van der Waals surface area contributed by atoms with E-state index in [1.807, 2.05) is 11.4 Å². The highest BCUT2D eigenvalue weighted by Gasteiger charge is 2.44. The van der Waals surface area contributed by atoms with E-state index in [0.29, 0.717) is 19.6 Å². The minimum atomic E-state index is -2.47. The number of hydrogen-bond donors (Lipinski definition) is 1. The van der Waals surface area contributed by atoms with E-state index in [-0.39, 0.29) is 5.97 Å². The number of nitrogens with one attached hydrogen (secondary N) is 1. The van der Waals surface area contributed by atoms with Crippen LogP contribution in [-0.4, -0.2) is 59.4 Å². The van der Waals surface area contributed by atoms with Crippen LogP contribution in [0, 0.1) is 0 Å². The second-order valence-electron chi connectivity index (χ2n) is 9.63. The predicted octanol–water partition coefficient (Wildman–Crippen LogP) is 5.38. The van der Waals surface area contributed by atoms with Crippen molar-refractivity contribution in [2.75, 3.05) is 19.7 Å². The molecule has 0 saturated carbocycles. The zero-order chi connectivity index (χ0) is 24.2. The summed E-state index contributed by atoms with van der Waals surface area (Å²) in [6, 6.07) is 0.862. The molecule has 0 aromatic carbocycles. The second kappa shape index (κ2) is 14.0. The minimum Gasteiger partial charge on any atom is -0.466 e. The van der Waals surface area contributed by atoms with Crippen LogP contribution in [0.5, 0.6) is 0 Å². The molecular weight excluding hydrogens is 459 g/mol. The van der Waals surface area contributed by atoms with Crippen molar-refractivity contribution in [1.82, 2.24) is 5.32 Å². The van der Waals surface area contributed by atoms with E-state index < -0.39 is 33.8 Å². The van der Waals surface area contributed by atoms with E-state index in [4.69, 9.17) is 17.1 Å². The molecular formula is C21H47NO5Si4. The smallest absolute Gasteiger partial charge is 0.316 e. The molecule has 10 heteroatoms. The number of unbranched alkanes of at least 4 members (excludes halogenated alkanes) is 1. The fourth-order valence-electron chi connectivity index (χ4n) is 3.19. The van der Waals surface area contributed by atoms with Crippen LogP contribution in [0.4, 0.5) is 0 Å². The summed E-state index contributed by atoms with van der Waals surface area (Å²) in [4.78, 5) is 11.7. The SMILES string of the molecule is C=C[Si](C)(C)O[Si](C)(C)O[Si](C)(CCCNCCC(=O)OCCCC)O[Si](C)(C)C=C. The highest BCUT2D eigenvalue weighted by molar-refractivity contribution is 6.91. The Morgan fingerprint density at radius 1 is 0.871 bits per heavy atom. The summed E-state index contributed by atoms with van der Waals surface area (Å²) >= 11 is 0. The molecule has 31 heavy (non-hydrogen) atoms. The van der Waals surface area contributed by atoms with Crippen LogP contribution in [-0.2, 0) is 21.9 Å². The standard InChI is InChI=1S/C21H47NO5Si4/c1-11-14-19-24-21(23)16-18-22-17-15-20-31(10,26-29(6,7)13-3)27-30(8,9)25-28(4,5)12-2/h12-13,22H,2-3,11,14-20H2,1,4-10H3. The molecule has 0 amide bonds. The van der Waals surface area contributed by atoms with Gasteiger partial charge in [-0.05, 0) is 71.3 Å². The number of esters is 1. The fraction of sp³-hybridized carbons (Fsp3) is 0.762. The van der Waals surface area contributed by atoms with Gasteiger partial charge in [-0.2, -0.15) is 0 Å². The number of rotatable bonds is 18. The Morgan fingerprint density at radius 3 is 2.00 bits per heavy atom. The topological polar surface area (TPSA) is 66.0 Å². The van der Waals surface area contributed by atoms with Crippen LogP contribution in [0.15, 0.2) is 24.6 Å². The van der Waals surface area contributed by atoms with Crippen LogP contribution in [0.2, 0.25) is 51.9 Å². The Bertz CT molecular complexity index is 572. The Morgan fingerprint density at radius 2 is 1.45 bits per heavy atom. The molecule has 1 atom stereocenters. The van der Waals surface area contributed by atoms with Gasteiger partial charge in [-0.15, -0.1) is 13.2 Å². The van der Waals surface area contributed by atoms with Crippen LogP contribution >= 0.6 is 0 Å². The van der Waals surface area contributed by atoms with Crippen LogP contribution in [0.1, 0.15) is 32.6 Å². The van der Waals surface area contributed by atoms with Gasteiger partial charge in [0.05, 0.1) is 13.0 Å². The molecule has 0 aromatic rings. The van der Waals surface area contributed by atoms with Crippen molar-refractivity contribution in [3.05, 3.63) is 24.6 Å². The van der Waals surface area contributed by atoms with Crippen LogP contribution in [0.25, 0.3) is 0 Å². The number of ether oxygens (including phenoxy) is 1. The normalized spacial score (nSPS) is 14.7. The summed E-state index contributed by atoms with van der Waals surface area (Å²) in [5.74, 6) is -0.135. The number of carbonyl (C=O) groups is 1. The lowest BCUT2D eigenvalue weighted by atomic mass is 10.3. The highest BCUT2D eigenvalue weighted by Crippen LogP contribution is 2.28. The van der Waals surface area contributed by atoms with E-state index in [0.717, 1.165) is 31.9 Å². The Balaban J connectivity index is 4.76. The van der Waals surface area contributed by atoms with E-state index in [1.54, 1.807) is 0 Å². The molecule has 0 spiro atoms. The predicted molar refractivity (Wildman–Crippen MR) is 140 cm³/mol. The summed E-state index contributed by atoms with van der Waals surface area (Å²) in [5.41, 5.74) is 3.91. The Hall–Kier alpha value is -0.342. The molecule has 1 unspecified atom stereocenters. The lowest BCUT2D eigenvalue weighted by Crippen LogP contribution is -2.57. The van der Waals surface area contributed by atoms with Gasteiger partial charge in [-0.1, -0.05) is 24.7 Å². The fourth-order valence-corrected chi connectivity index (χ4v) is 20.3. The van der Waals surface area contributed by atoms with Crippen molar-refractivity contribution in [3.63, 3.8) is 0 Å². The second-order valence-corrected chi connectivity index (χ2v) is 24.9. The maximum absolute atomic E-state index is 11.7. The minimum absolute atomic E-state index is 0.135. The zero-order valence-corrected chi connectivity index (χ0v) is 25.3. The van der Waals surface area contributed by atoms with E-state index in [2.05, 4.69) is 71.2 Å². The van der Waals surface area contributed by atoms with Crippen LogP contribution in [0.3, 0.4) is 0 Å². The van der Waals surface area contributed by atoms with Gasteiger partial charge in [-0.3, -0.25) is 4.79 Å². The first-order chi connectivity index (χ1) is 14.2. The van der Waals surface area contributed by atoms with E-state index >= 15 is 0 Å². The molecule has 6 nitrogen and oxygen atoms in total. The molecule has 0 aliphatic heterocycles. The quantitative estimate of drug-likeness (QED) is 0.153. The average Bonchev–Trinajstić information content (AvgIpc) is 2.62. The molecule has 0 aliphatic carbocycles. The Labute approximate surface area is 195 Å². The summed E-state index contributed by atoms with van der Waals surface area (Å²) in [7, 11) is -8.81. The molecule has 0 heterocycles. The number of hydrogen-bond acceptors (Lipinski definition) is 6. The average molecular weight is 506 g/mol. The molecule has 0 fully saturated rings. The van der Waals surface area contributed by atoms with Gasteiger partial charge in [0.15, 0.2) is 16.6 Å². The van der Waals surface area contributed by atoms with Crippen molar-refractivity contribution < 1.29 is 21.9 Å². The van der Waals surface area contributed by atoms with Crippen molar-refractivity contribution >= 4 is 39.7 Å². The van der Waals surface area contributed by atoms with Gasteiger partial charge in [-0.25, -0.2) is 0 Å². The van der Waals surface area contributed by atoms with Crippen molar-refractivity contribution in [2.24, 2.45) is 0 Å². The van der Waals surface area contributed by atoms with Crippen molar-refractivity contribution in [2.45, 2.75) is 84.5 Å². The number of carbonyl (C=O) groups excluding carboxylic acids is 1. The molecule has 0 radical (unpaired) electrons. The first-order valence-corrected chi connectivity index (χ1v) is 22.7. The lowest BCUT2D eigenvalue weighted by Gasteiger charge is -2.41. The maximum Gasteiger partial charge on any atom is 0.316 e. The third-order valence-electron chi connectivity index (χ3n) is 4.68. The largest absolute Gasteiger partial charge is 0.466 e.